The number of carboxylic acids is 2. The van der Waals surface area contributed by atoms with Crippen molar-refractivity contribution in [3.8, 4) is 11.5 Å². The van der Waals surface area contributed by atoms with E-state index in [9.17, 15) is 45.0 Å². The first-order valence-corrected chi connectivity index (χ1v) is 9.01. The number of benzene rings is 1. The molecule has 170 valence electrons. The van der Waals surface area contributed by atoms with Crippen LogP contribution in [-0.2, 0) is 23.9 Å². The first kappa shape index (κ1) is 24.1. The zero-order chi connectivity index (χ0) is 23.3. The van der Waals surface area contributed by atoms with Crippen LogP contribution in [0.1, 0.15) is 24.8 Å². The van der Waals surface area contributed by atoms with Crippen LogP contribution < -0.4 is 0 Å². The zero-order valence-corrected chi connectivity index (χ0v) is 16.0. The SMILES string of the molecule is O=C(O)CC(O)OC1(C(=O)O)C[C@@H](O)C(OC(=O)/C=C/c2ccc(O)c(O)c2)[C@H](O)C1. The maximum atomic E-state index is 12.0. The van der Waals surface area contributed by atoms with E-state index in [-0.39, 0.29) is 5.75 Å². The van der Waals surface area contributed by atoms with Crippen molar-refractivity contribution in [2.75, 3.05) is 0 Å². The number of aliphatic carboxylic acids is 2. The molecule has 1 aliphatic rings. The smallest absolute Gasteiger partial charge is 0.336 e. The van der Waals surface area contributed by atoms with Crippen molar-refractivity contribution >= 4 is 24.0 Å². The number of hydrogen-bond acceptors (Lipinski definition) is 10. The molecular weight excluding hydrogens is 420 g/mol. The summed E-state index contributed by atoms with van der Waals surface area (Å²) >= 11 is 0. The van der Waals surface area contributed by atoms with Crippen LogP contribution in [0.25, 0.3) is 6.08 Å². The number of esters is 1. The van der Waals surface area contributed by atoms with E-state index in [2.05, 4.69) is 0 Å². The summed E-state index contributed by atoms with van der Waals surface area (Å²) in [6.07, 6.45) is -7.06. The molecule has 1 aromatic rings. The average Bonchev–Trinajstić information content (AvgIpc) is 2.64. The first-order chi connectivity index (χ1) is 14.4. The number of carbonyl (C=O) groups is 3. The second kappa shape index (κ2) is 9.75. The lowest BCUT2D eigenvalue weighted by Crippen LogP contribution is -2.59. The highest BCUT2D eigenvalue weighted by Crippen LogP contribution is 2.35. The van der Waals surface area contributed by atoms with Crippen LogP contribution in [0.2, 0.25) is 0 Å². The van der Waals surface area contributed by atoms with Gasteiger partial charge in [0.15, 0.2) is 29.5 Å². The standard InChI is InChI=1S/C19H22O12/c20-10-3-1-9(5-11(10)21)2-4-15(26)30-17-12(22)7-19(18(28)29,8-13(17)23)31-16(27)6-14(24)25/h1-5,12-13,16-17,20-23,27H,6-8H2,(H,24,25)(H,28,29)/b4-2+/t12-,13-,16?,17?,19?/m1/s1. The normalized spacial score (nSPS) is 27.0. The highest BCUT2D eigenvalue weighted by atomic mass is 16.6. The second-order valence-corrected chi connectivity index (χ2v) is 7.00. The summed E-state index contributed by atoms with van der Waals surface area (Å²) in [5.41, 5.74) is -1.96. The summed E-state index contributed by atoms with van der Waals surface area (Å²) in [4.78, 5) is 34.3. The van der Waals surface area contributed by atoms with Crippen LogP contribution in [0, 0.1) is 0 Å². The van der Waals surface area contributed by atoms with Crippen molar-refractivity contribution in [3.05, 3.63) is 29.8 Å². The van der Waals surface area contributed by atoms with Gasteiger partial charge in [-0.15, -0.1) is 0 Å². The molecule has 1 fully saturated rings. The van der Waals surface area contributed by atoms with Crippen LogP contribution in [-0.4, -0.2) is 83.9 Å². The van der Waals surface area contributed by atoms with Gasteiger partial charge in [0, 0.05) is 18.9 Å². The number of ether oxygens (including phenoxy) is 2. The number of aromatic hydroxyl groups is 2. The van der Waals surface area contributed by atoms with Gasteiger partial charge in [-0.2, -0.15) is 0 Å². The van der Waals surface area contributed by atoms with Crippen molar-refractivity contribution in [1.82, 2.24) is 0 Å². The lowest BCUT2D eigenvalue weighted by molar-refractivity contribution is -0.245. The molecule has 0 bridgehead atoms. The number of aliphatic hydroxyl groups excluding tert-OH is 3. The van der Waals surface area contributed by atoms with E-state index in [4.69, 9.17) is 14.6 Å². The Labute approximate surface area is 175 Å². The fraction of sp³-hybridized carbons (Fsp3) is 0.421. The van der Waals surface area contributed by atoms with Gasteiger partial charge in [-0.25, -0.2) is 9.59 Å². The van der Waals surface area contributed by atoms with Gasteiger partial charge in [0.2, 0.25) is 0 Å². The lowest BCUT2D eigenvalue weighted by atomic mass is 9.79. The van der Waals surface area contributed by atoms with Crippen molar-refractivity contribution in [2.24, 2.45) is 0 Å². The molecular formula is C19H22O12. The third-order valence-corrected chi connectivity index (χ3v) is 4.60. The van der Waals surface area contributed by atoms with Gasteiger partial charge in [-0.3, -0.25) is 4.79 Å². The topological polar surface area (TPSA) is 211 Å². The molecule has 1 saturated carbocycles. The Morgan fingerprint density at radius 2 is 1.71 bits per heavy atom. The lowest BCUT2D eigenvalue weighted by Gasteiger charge is -2.42. The molecule has 3 atom stereocenters. The van der Waals surface area contributed by atoms with E-state index < -0.39 is 73.1 Å². The number of phenolic OH excluding ortho intramolecular Hbond substituents is 2. The van der Waals surface area contributed by atoms with E-state index in [0.717, 1.165) is 6.08 Å². The van der Waals surface area contributed by atoms with Crippen molar-refractivity contribution in [3.63, 3.8) is 0 Å². The molecule has 0 amide bonds. The van der Waals surface area contributed by atoms with Gasteiger partial charge >= 0.3 is 17.9 Å². The molecule has 1 aromatic carbocycles. The van der Waals surface area contributed by atoms with Gasteiger partial charge in [-0.1, -0.05) is 6.07 Å². The van der Waals surface area contributed by atoms with Crippen LogP contribution in [0.15, 0.2) is 24.3 Å². The van der Waals surface area contributed by atoms with Crippen LogP contribution in [0.4, 0.5) is 0 Å². The van der Waals surface area contributed by atoms with E-state index in [1.807, 2.05) is 0 Å². The van der Waals surface area contributed by atoms with Gasteiger partial charge in [0.25, 0.3) is 0 Å². The number of hydrogen-bond donors (Lipinski definition) is 7. The molecule has 12 heteroatoms. The molecule has 2 rings (SSSR count). The summed E-state index contributed by atoms with van der Waals surface area (Å²) in [5, 5.41) is 67.0. The maximum Gasteiger partial charge on any atom is 0.336 e. The Bertz CT molecular complexity index is 851. The minimum atomic E-state index is -2.30. The summed E-state index contributed by atoms with van der Waals surface area (Å²) in [5.74, 6) is -4.86. The van der Waals surface area contributed by atoms with Gasteiger partial charge < -0.3 is 45.2 Å². The monoisotopic (exact) mass is 442 g/mol. The Morgan fingerprint density at radius 3 is 2.23 bits per heavy atom. The van der Waals surface area contributed by atoms with Crippen molar-refractivity contribution in [1.29, 1.82) is 0 Å². The second-order valence-electron chi connectivity index (χ2n) is 7.00. The molecule has 31 heavy (non-hydrogen) atoms. The third-order valence-electron chi connectivity index (χ3n) is 4.60. The van der Waals surface area contributed by atoms with Crippen LogP contribution in [0.5, 0.6) is 11.5 Å². The van der Waals surface area contributed by atoms with Gasteiger partial charge in [0.1, 0.15) is 0 Å². The molecule has 1 aliphatic carbocycles. The number of phenols is 2. The molecule has 0 radical (unpaired) electrons. The average molecular weight is 442 g/mol. The summed E-state index contributed by atoms with van der Waals surface area (Å²) < 4.78 is 9.92. The van der Waals surface area contributed by atoms with Crippen molar-refractivity contribution in [2.45, 2.75) is 49.5 Å². The quantitative estimate of drug-likeness (QED) is 0.114. The highest BCUT2D eigenvalue weighted by Gasteiger charge is 2.53. The van der Waals surface area contributed by atoms with Crippen LogP contribution in [0.3, 0.4) is 0 Å². The molecule has 0 saturated heterocycles. The largest absolute Gasteiger partial charge is 0.504 e. The van der Waals surface area contributed by atoms with E-state index in [1.165, 1.54) is 24.3 Å². The van der Waals surface area contributed by atoms with E-state index >= 15 is 0 Å². The fourth-order valence-electron chi connectivity index (χ4n) is 3.16. The number of aliphatic hydroxyl groups is 3. The molecule has 0 heterocycles. The predicted molar refractivity (Wildman–Crippen MR) is 99.6 cm³/mol. The molecule has 0 spiro atoms. The Hall–Kier alpha value is -3.19. The summed E-state index contributed by atoms with van der Waals surface area (Å²) in [6.45, 7) is 0. The number of carboxylic acid groups (broad SMARTS) is 2. The van der Waals surface area contributed by atoms with Gasteiger partial charge in [0.05, 0.1) is 18.6 Å². The minimum absolute atomic E-state index is 0.336. The molecule has 7 N–H and O–H groups in total. The molecule has 0 aliphatic heterocycles. The van der Waals surface area contributed by atoms with E-state index in [1.54, 1.807) is 0 Å². The zero-order valence-electron chi connectivity index (χ0n) is 16.0. The first-order valence-electron chi connectivity index (χ1n) is 9.01. The van der Waals surface area contributed by atoms with Gasteiger partial charge in [-0.05, 0) is 23.8 Å². The van der Waals surface area contributed by atoms with Crippen molar-refractivity contribution < 1.29 is 59.6 Å². The molecule has 1 unspecified atom stereocenters. The fourth-order valence-corrected chi connectivity index (χ4v) is 3.16. The summed E-state index contributed by atoms with van der Waals surface area (Å²) in [7, 11) is 0. The Morgan fingerprint density at radius 1 is 1.10 bits per heavy atom. The molecule has 0 aromatic heterocycles. The minimum Gasteiger partial charge on any atom is -0.504 e. The summed E-state index contributed by atoms with van der Waals surface area (Å²) in [6, 6.07) is 3.76. The highest BCUT2D eigenvalue weighted by molar-refractivity contribution is 5.87. The van der Waals surface area contributed by atoms with Crippen LogP contribution >= 0.6 is 0 Å². The number of carbonyl (C=O) groups excluding carboxylic acids is 1. The molecule has 12 nitrogen and oxygen atoms in total. The maximum absolute atomic E-state index is 12.0. The third kappa shape index (κ3) is 6.15. The van der Waals surface area contributed by atoms with E-state index in [0.29, 0.717) is 5.56 Å². The predicted octanol–water partition coefficient (Wildman–Crippen LogP) is -0.828. The number of rotatable bonds is 8. The Kier molecular flexibility index (Phi) is 7.57. The Balaban J connectivity index is 2.06.